The molecule has 2 aromatic carbocycles. The van der Waals surface area contributed by atoms with Crippen molar-refractivity contribution >= 4 is 16.6 Å². The Kier molecular flexibility index (Phi) is 3.11. The fourth-order valence-corrected chi connectivity index (χ4v) is 2.45. The number of hydrogen-bond donors (Lipinski definition) is 1. The fraction of sp³-hybridized carbons (Fsp3) is 0.176. The Labute approximate surface area is 118 Å². The molecule has 0 saturated heterocycles. The lowest BCUT2D eigenvalue weighted by Crippen LogP contribution is -2.02. The fourth-order valence-electron chi connectivity index (χ4n) is 2.45. The third-order valence-electron chi connectivity index (χ3n) is 3.69. The summed E-state index contributed by atoms with van der Waals surface area (Å²) in [6.07, 6.45) is 0. The van der Waals surface area contributed by atoms with Gasteiger partial charge in [0.15, 0.2) is 0 Å². The molecule has 0 aliphatic rings. The van der Waals surface area contributed by atoms with Crippen molar-refractivity contribution in [2.45, 2.75) is 13.5 Å². The molecule has 0 spiro atoms. The van der Waals surface area contributed by atoms with E-state index in [0.717, 1.165) is 33.6 Å². The number of hydrogen-bond acceptors (Lipinski definition) is 2. The van der Waals surface area contributed by atoms with Gasteiger partial charge in [-0.25, -0.2) is 0 Å². The molecule has 0 unspecified atom stereocenters. The van der Waals surface area contributed by atoms with Crippen LogP contribution in [0.3, 0.4) is 0 Å². The number of benzene rings is 2. The molecule has 0 radical (unpaired) electrons. The van der Waals surface area contributed by atoms with Crippen LogP contribution in [0.1, 0.15) is 11.3 Å². The van der Waals surface area contributed by atoms with Gasteiger partial charge in [-0.05, 0) is 36.8 Å². The molecule has 1 heterocycles. The first-order valence-electron chi connectivity index (χ1n) is 6.68. The van der Waals surface area contributed by atoms with Crippen LogP contribution >= 0.6 is 0 Å². The molecule has 3 heteroatoms. The zero-order valence-corrected chi connectivity index (χ0v) is 11.8. The Morgan fingerprint density at radius 3 is 2.65 bits per heavy atom. The van der Waals surface area contributed by atoms with Crippen LogP contribution in [0.2, 0.25) is 0 Å². The first-order chi connectivity index (χ1) is 9.66. The zero-order valence-electron chi connectivity index (χ0n) is 11.8. The molecule has 3 aromatic rings. The van der Waals surface area contributed by atoms with Gasteiger partial charge >= 0.3 is 0 Å². The molecule has 0 atom stereocenters. The predicted molar refractivity (Wildman–Crippen MR) is 82.8 cm³/mol. The van der Waals surface area contributed by atoms with E-state index in [2.05, 4.69) is 29.7 Å². The summed E-state index contributed by atoms with van der Waals surface area (Å²) in [6.45, 7) is 2.59. The largest absolute Gasteiger partial charge is 0.487 e. The number of nitrogens with zero attached hydrogens (tertiary/aromatic N) is 1. The minimum atomic E-state index is 0.537. The van der Waals surface area contributed by atoms with Gasteiger partial charge < -0.3 is 15.0 Å². The van der Waals surface area contributed by atoms with Crippen LogP contribution in [0.5, 0.6) is 5.75 Å². The van der Waals surface area contributed by atoms with Gasteiger partial charge in [0.2, 0.25) is 0 Å². The average Bonchev–Trinajstić information content (AvgIpc) is 2.77. The molecule has 102 valence electrons. The van der Waals surface area contributed by atoms with Crippen LogP contribution in [-0.4, -0.2) is 4.57 Å². The van der Waals surface area contributed by atoms with E-state index in [1.165, 1.54) is 0 Å². The van der Waals surface area contributed by atoms with Gasteiger partial charge in [0.1, 0.15) is 12.4 Å². The van der Waals surface area contributed by atoms with Crippen molar-refractivity contribution in [3.63, 3.8) is 0 Å². The molecule has 3 nitrogen and oxygen atoms in total. The smallest absolute Gasteiger partial charge is 0.128 e. The maximum absolute atomic E-state index is 6.02. The van der Waals surface area contributed by atoms with Crippen molar-refractivity contribution in [3.05, 3.63) is 59.8 Å². The van der Waals surface area contributed by atoms with Gasteiger partial charge in [0.25, 0.3) is 0 Å². The van der Waals surface area contributed by atoms with Gasteiger partial charge in [0, 0.05) is 18.1 Å². The van der Waals surface area contributed by atoms with Crippen LogP contribution < -0.4 is 10.5 Å². The molecule has 0 amide bonds. The molecule has 0 saturated carbocycles. The van der Waals surface area contributed by atoms with Gasteiger partial charge in [-0.2, -0.15) is 0 Å². The molecule has 0 bridgehead atoms. The van der Waals surface area contributed by atoms with Crippen molar-refractivity contribution in [1.29, 1.82) is 0 Å². The zero-order chi connectivity index (χ0) is 14.1. The summed E-state index contributed by atoms with van der Waals surface area (Å²) in [5.41, 5.74) is 10.2. The topological polar surface area (TPSA) is 40.2 Å². The van der Waals surface area contributed by atoms with Gasteiger partial charge in [-0.3, -0.25) is 0 Å². The Bertz CT molecular complexity index is 759. The highest BCUT2D eigenvalue weighted by molar-refractivity contribution is 5.92. The number of aromatic nitrogens is 1. The average molecular weight is 266 g/mol. The monoisotopic (exact) mass is 266 g/mol. The summed E-state index contributed by atoms with van der Waals surface area (Å²) < 4.78 is 8.04. The normalized spacial score (nSPS) is 10.9. The number of nitrogens with two attached hydrogens (primary N) is 1. The first-order valence-corrected chi connectivity index (χ1v) is 6.68. The SMILES string of the molecule is Cc1ccccc1OCc1cc2c(N)cccc2n1C. The number of nitrogen functional groups attached to an aromatic ring is 1. The van der Waals surface area contributed by atoms with E-state index in [1.54, 1.807) is 0 Å². The number of fused-ring (bicyclic) bond motifs is 1. The van der Waals surface area contributed by atoms with Gasteiger partial charge in [0.05, 0.1) is 11.2 Å². The first kappa shape index (κ1) is 12.6. The highest BCUT2D eigenvalue weighted by atomic mass is 16.5. The van der Waals surface area contributed by atoms with Crippen LogP contribution in [0, 0.1) is 6.92 Å². The second kappa shape index (κ2) is 4.93. The molecule has 0 fully saturated rings. The Morgan fingerprint density at radius 2 is 1.90 bits per heavy atom. The van der Waals surface area contributed by atoms with E-state index in [9.17, 15) is 0 Å². The van der Waals surface area contributed by atoms with Crippen molar-refractivity contribution in [2.24, 2.45) is 7.05 Å². The quantitative estimate of drug-likeness (QED) is 0.735. The van der Waals surface area contributed by atoms with Crippen LogP contribution in [0.15, 0.2) is 48.5 Å². The third-order valence-corrected chi connectivity index (χ3v) is 3.69. The Balaban J connectivity index is 1.90. The predicted octanol–water partition coefficient (Wildman–Crippen LogP) is 3.65. The molecule has 2 N–H and O–H groups in total. The summed E-state index contributed by atoms with van der Waals surface area (Å²) in [7, 11) is 2.04. The van der Waals surface area contributed by atoms with E-state index in [1.807, 2.05) is 37.4 Å². The van der Waals surface area contributed by atoms with E-state index >= 15 is 0 Å². The van der Waals surface area contributed by atoms with Crippen molar-refractivity contribution in [1.82, 2.24) is 4.57 Å². The highest BCUT2D eigenvalue weighted by Crippen LogP contribution is 2.25. The van der Waals surface area contributed by atoms with E-state index in [-0.39, 0.29) is 0 Å². The molecule has 3 rings (SSSR count). The minimum Gasteiger partial charge on any atom is -0.487 e. The van der Waals surface area contributed by atoms with E-state index in [4.69, 9.17) is 10.5 Å². The van der Waals surface area contributed by atoms with Gasteiger partial charge in [-0.1, -0.05) is 24.3 Å². The van der Waals surface area contributed by atoms with E-state index < -0.39 is 0 Å². The number of rotatable bonds is 3. The lowest BCUT2D eigenvalue weighted by Gasteiger charge is -2.09. The van der Waals surface area contributed by atoms with Crippen LogP contribution in [0.25, 0.3) is 10.9 Å². The second-order valence-corrected chi connectivity index (χ2v) is 5.03. The molecule has 0 aliphatic heterocycles. The Morgan fingerprint density at radius 1 is 1.10 bits per heavy atom. The maximum atomic E-state index is 6.02. The van der Waals surface area contributed by atoms with Crippen LogP contribution in [-0.2, 0) is 13.7 Å². The molecule has 1 aromatic heterocycles. The van der Waals surface area contributed by atoms with Crippen molar-refractivity contribution < 1.29 is 4.74 Å². The lowest BCUT2D eigenvalue weighted by atomic mass is 10.2. The van der Waals surface area contributed by atoms with Crippen molar-refractivity contribution in [3.8, 4) is 5.75 Å². The summed E-state index contributed by atoms with van der Waals surface area (Å²) in [4.78, 5) is 0. The number of aryl methyl sites for hydroxylation is 2. The van der Waals surface area contributed by atoms with Gasteiger partial charge in [-0.15, -0.1) is 0 Å². The third kappa shape index (κ3) is 2.11. The lowest BCUT2D eigenvalue weighted by molar-refractivity contribution is 0.296. The number of anilines is 1. The molecule has 20 heavy (non-hydrogen) atoms. The summed E-state index contributed by atoms with van der Waals surface area (Å²) >= 11 is 0. The summed E-state index contributed by atoms with van der Waals surface area (Å²) in [6, 6.07) is 16.1. The maximum Gasteiger partial charge on any atom is 0.128 e. The number of para-hydroxylation sites is 1. The molecular weight excluding hydrogens is 248 g/mol. The Hall–Kier alpha value is -2.42. The second-order valence-electron chi connectivity index (χ2n) is 5.03. The standard InChI is InChI=1S/C17H18N2O/c1-12-6-3-4-9-17(12)20-11-13-10-14-15(18)7-5-8-16(14)19(13)2/h3-10H,11,18H2,1-2H3. The van der Waals surface area contributed by atoms with Crippen LogP contribution in [0.4, 0.5) is 5.69 Å². The highest BCUT2D eigenvalue weighted by Gasteiger charge is 2.08. The summed E-state index contributed by atoms with van der Waals surface area (Å²) in [5, 5.41) is 1.08. The molecule has 0 aliphatic carbocycles. The van der Waals surface area contributed by atoms with E-state index in [0.29, 0.717) is 6.61 Å². The summed E-state index contributed by atoms with van der Waals surface area (Å²) in [5.74, 6) is 0.922. The molecular formula is C17H18N2O. The van der Waals surface area contributed by atoms with Crippen molar-refractivity contribution in [2.75, 3.05) is 5.73 Å². The number of ether oxygens (including phenoxy) is 1. The minimum absolute atomic E-state index is 0.537.